The summed E-state index contributed by atoms with van der Waals surface area (Å²) in [7, 11) is 0. The van der Waals surface area contributed by atoms with Gasteiger partial charge in [-0.15, -0.1) is 0 Å². The fourth-order valence-corrected chi connectivity index (χ4v) is 0.634. The van der Waals surface area contributed by atoms with Crippen LogP contribution in [0.1, 0.15) is 26.2 Å². The monoisotopic (exact) mass is 184 g/mol. The van der Waals surface area contributed by atoms with E-state index in [0.29, 0.717) is 6.42 Å². The highest BCUT2D eigenvalue weighted by molar-refractivity contribution is 4.85. The molecule has 72 valence electrons. The van der Waals surface area contributed by atoms with E-state index in [1.807, 2.05) is 6.92 Å². The Kier molecular flexibility index (Phi) is 4.93. The van der Waals surface area contributed by atoms with Crippen LogP contribution in [-0.2, 0) is 0 Å². The third-order valence-corrected chi connectivity index (χ3v) is 1.32. The van der Waals surface area contributed by atoms with Crippen molar-refractivity contribution in [1.29, 1.82) is 0 Å². The molecule has 0 aliphatic carbocycles. The fraction of sp³-hybridized carbons (Fsp3) is 0.750. The van der Waals surface area contributed by atoms with E-state index in [1.54, 1.807) is 6.08 Å². The number of rotatable bonds is 4. The Balaban J connectivity index is 3.64. The summed E-state index contributed by atoms with van der Waals surface area (Å²) in [5.41, 5.74) is 0. The molecule has 0 amide bonds. The van der Waals surface area contributed by atoms with Gasteiger partial charge in [-0.25, -0.2) is 4.39 Å². The second-order valence-electron chi connectivity index (χ2n) is 2.50. The standard InChI is InChI=1S/C8H12F4/c1-2-3-4-5-6-7(9)8(10,11)12/h4-5,7H,2-3,6H2,1H3. The van der Waals surface area contributed by atoms with Crippen molar-refractivity contribution in [1.82, 2.24) is 0 Å². The van der Waals surface area contributed by atoms with Crippen molar-refractivity contribution >= 4 is 0 Å². The number of hydrogen-bond donors (Lipinski definition) is 0. The van der Waals surface area contributed by atoms with Gasteiger partial charge in [0.1, 0.15) is 0 Å². The highest BCUT2D eigenvalue weighted by Gasteiger charge is 2.38. The number of allylic oxidation sites excluding steroid dienone is 2. The van der Waals surface area contributed by atoms with Gasteiger partial charge in [0.15, 0.2) is 6.17 Å². The molecule has 0 aromatic rings. The van der Waals surface area contributed by atoms with Gasteiger partial charge in [-0.05, 0) is 6.42 Å². The van der Waals surface area contributed by atoms with Gasteiger partial charge in [0.25, 0.3) is 0 Å². The van der Waals surface area contributed by atoms with Gasteiger partial charge in [-0.2, -0.15) is 13.2 Å². The summed E-state index contributed by atoms with van der Waals surface area (Å²) >= 11 is 0. The van der Waals surface area contributed by atoms with E-state index in [4.69, 9.17) is 0 Å². The van der Waals surface area contributed by atoms with Crippen molar-refractivity contribution < 1.29 is 17.6 Å². The Morgan fingerprint density at radius 2 is 1.83 bits per heavy atom. The zero-order valence-electron chi connectivity index (χ0n) is 6.87. The zero-order chi connectivity index (χ0) is 9.61. The topological polar surface area (TPSA) is 0 Å². The smallest absolute Gasteiger partial charge is 0.237 e. The highest BCUT2D eigenvalue weighted by Crippen LogP contribution is 2.25. The van der Waals surface area contributed by atoms with Gasteiger partial charge in [-0.1, -0.05) is 25.5 Å². The van der Waals surface area contributed by atoms with Crippen molar-refractivity contribution in [3.05, 3.63) is 12.2 Å². The first-order valence-electron chi connectivity index (χ1n) is 3.84. The Morgan fingerprint density at radius 1 is 1.25 bits per heavy atom. The maximum atomic E-state index is 12.2. The van der Waals surface area contributed by atoms with Crippen LogP contribution >= 0.6 is 0 Å². The predicted molar refractivity (Wildman–Crippen MR) is 39.6 cm³/mol. The lowest BCUT2D eigenvalue weighted by atomic mass is 10.2. The molecular formula is C8H12F4. The molecule has 0 aliphatic heterocycles. The largest absolute Gasteiger partial charge is 0.419 e. The highest BCUT2D eigenvalue weighted by atomic mass is 19.4. The van der Waals surface area contributed by atoms with Gasteiger partial charge in [0, 0.05) is 6.42 Å². The summed E-state index contributed by atoms with van der Waals surface area (Å²) in [6.45, 7) is 1.90. The second kappa shape index (κ2) is 5.17. The molecule has 12 heavy (non-hydrogen) atoms. The molecular weight excluding hydrogens is 172 g/mol. The quantitative estimate of drug-likeness (QED) is 0.462. The van der Waals surface area contributed by atoms with E-state index in [9.17, 15) is 17.6 Å². The SMILES string of the molecule is CCCC=CCC(F)C(F)(F)F. The average molecular weight is 184 g/mol. The normalized spacial score (nSPS) is 15.4. The summed E-state index contributed by atoms with van der Waals surface area (Å²) < 4.78 is 46.8. The van der Waals surface area contributed by atoms with Crippen molar-refractivity contribution in [3.8, 4) is 0 Å². The van der Waals surface area contributed by atoms with E-state index in [2.05, 4.69) is 0 Å². The third-order valence-electron chi connectivity index (χ3n) is 1.32. The van der Waals surface area contributed by atoms with Crippen LogP contribution in [0.25, 0.3) is 0 Å². The first kappa shape index (κ1) is 11.5. The Morgan fingerprint density at radius 3 is 2.25 bits per heavy atom. The average Bonchev–Trinajstić information content (AvgIpc) is 1.96. The van der Waals surface area contributed by atoms with Crippen molar-refractivity contribution in [2.45, 2.75) is 38.5 Å². The molecule has 0 aromatic heterocycles. The fourth-order valence-electron chi connectivity index (χ4n) is 0.634. The summed E-state index contributed by atoms with van der Waals surface area (Å²) in [6, 6.07) is 0. The minimum absolute atomic E-state index is 0.566. The van der Waals surface area contributed by atoms with Gasteiger partial charge in [-0.3, -0.25) is 0 Å². The molecule has 0 nitrogen and oxygen atoms in total. The van der Waals surface area contributed by atoms with Crippen LogP contribution in [0.4, 0.5) is 17.6 Å². The van der Waals surface area contributed by atoms with Crippen molar-refractivity contribution in [3.63, 3.8) is 0 Å². The lowest BCUT2D eigenvalue weighted by molar-refractivity contribution is -0.179. The van der Waals surface area contributed by atoms with Crippen LogP contribution in [0.2, 0.25) is 0 Å². The molecule has 0 spiro atoms. The molecule has 0 saturated carbocycles. The van der Waals surface area contributed by atoms with Crippen molar-refractivity contribution in [2.24, 2.45) is 0 Å². The van der Waals surface area contributed by atoms with Gasteiger partial charge < -0.3 is 0 Å². The minimum Gasteiger partial charge on any atom is -0.237 e. The Hall–Kier alpha value is -0.540. The third kappa shape index (κ3) is 5.16. The van der Waals surface area contributed by atoms with Crippen LogP contribution in [0.5, 0.6) is 0 Å². The number of alkyl halides is 4. The van der Waals surface area contributed by atoms with Crippen LogP contribution < -0.4 is 0 Å². The van der Waals surface area contributed by atoms with Crippen LogP contribution in [0.15, 0.2) is 12.2 Å². The summed E-state index contributed by atoms with van der Waals surface area (Å²) in [5.74, 6) is 0. The zero-order valence-corrected chi connectivity index (χ0v) is 6.87. The molecule has 0 radical (unpaired) electrons. The van der Waals surface area contributed by atoms with Gasteiger partial charge in [0.2, 0.25) is 0 Å². The molecule has 0 rings (SSSR count). The van der Waals surface area contributed by atoms with E-state index in [-0.39, 0.29) is 0 Å². The summed E-state index contributed by atoms with van der Waals surface area (Å²) in [4.78, 5) is 0. The molecule has 0 fully saturated rings. The van der Waals surface area contributed by atoms with Crippen molar-refractivity contribution in [2.75, 3.05) is 0 Å². The van der Waals surface area contributed by atoms with E-state index < -0.39 is 18.8 Å². The summed E-state index contributed by atoms with van der Waals surface area (Å²) in [5, 5.41) is 0. The molecule has 0 aliphatic rings. The minimum atomic E-state index is -4.71. The van der Waals surface area contributed by atoms with Gasteiger partial charge >= 0.3 is 6.18 Å². The van der Waals surface area contributed by atoms with E-state index >= 15 is 0 Å². The molecule has 1 atom stereocenters. The van der Waals surface area contributed by atoms with Gasteiger partial charge in [0.05, 0.1) is 0 Å². The van der Waals surface area contributed by atoms with Crippen LogP contribution in [0, 0.1) is 0 Å². The van der Waals surface area contributed by atoms with E-state index in [1.165, 1.54) is 6.08 Å². The lowest BCUT2D eigenvalue weighted by Gasteiger charge is -2.08. The molecule has 0 N–H and O–H groups in total. The lowest BCUT2D eigenvalue weighted by Crippen LogP contribution is -2.23. The molecule has 0 heterocycles. The summed E-state index contributed by atoms with van der Waals surface area (Å²) in [6.07, 6.45) is -3.63. The maximum Gasteiger partial charge on any atom is 0.419 e. The maximum absolute atomic E-state index is 12.2. The number of unbranched alkanes of at least 4 members (excludes halogenated alkanes) is 1. The second-order valence-corrected chi connectivity index (χ2v) is 2.50. The molecule has 1 unspecified atom stereocenters. The molecule has 0 saturated heterocycles. The molecule has 0 bridgehead atoms. The number of hydrogen-bond acceptors (Lipinski definition) is 0. The Bertz CT molecular complexity index is 136. The van der Waals surface area contributed by atoms with Crippen LogP contribution in [0.3, 0.4) is 0 Å². The van der Waals surface area contributed by atoms with E-state index in [0.717, 1.165) is 6.42 Å². The first-order valence-corrected chi connectivity index (χ1v) is 3.84. The Labute approximate surface area is 69.3 Å². The molecule has 4 heteroatoms. The predicted octanol–water partition coefficient (Wildman–Crippen LogP) is 3.63. The first-order chi connectivity index (χ1) is 5.48. The van der Waals surface area contributed by atoms with Crippen LogP contribution in [-0.4, -0.2) is 12.3 Å². The molecule has 0 aromatic carbocycles. The number of halogens is 4.